The molecule has 1 aromatic carbocycles. The molecule has 0 aliphatic rings. The molecule has 0 saturated carbocycles. The normalized spacial score (nSPS) is 13.5. The maximum atomic E-state index is 16.4. The summed E-state index contributed by atoms with van der Waals surface area (Å²) in [6.45, 7) is 26.6. The Balaban J connectivity index is 1.55. The molecule has 0 radical (unpaired) electrons. The molecule has 0 N–H and O–H groups in total. The highest BCUT2D eigenvalue weighted by atomic mass is 32.1. The third kappa shape index (κ3) is 5.66. The van der Waals surface area contributed by atoms with Crippen molar-refractivity contribution >= 4 is 128 Å². The minimum absolute atomic E-state index is 0.0248. The van der Waals surface area contributed by atoms with Gasteiger partial charge < -0.3 is 0 Å². The van der Waals surface area contributed by atoms with Crippen LogP contribution in [0.4, 0.5) is 8.78 Å². The molecule has 50 heavy (non-hydrogen) atoms. The van der Waals surface area contributed by atoms with Crippen LogP contribution < -0.4 is 4.78 Å². The van der Waals surface area contributed by atoms with Crippen LogP contribution in [0.3, 0.4) is 0 Å². The number of rotatable bonds is 6. The quantitative estimate of drug-likeness (QED) is 0.126. The Kier molecular flexibility index (Phi) is 8.86. The van der Waals surface area contributed by atoms with E-state index in [4.69, 9.17) is 0 Å². The molecule has 0 atom stereocenters. The van der Waals surface area contributed by atoms with Crippen LogP contribution in [0.5, 0.6) is 0 Å². The molecular formula is C40H41BF2S7. The molecule has 0 bridgehead atoms. The van der Waals surface area contributed by atoms with Crippen molar-refractivity contribution in [3.05, 3.63) is 78.3 Å². The number of thiophene rings is 6. The van der Waals surface area contributed by atoms with E-state index in [9.17, 15) is 4.39 Å². The van der Waals surface area contributed by atoms with Gasteiger partial charge in [-0.15, -0.1) is 69.3 Å². The van der Waals surface area contributed by atoms with E-state index in [0.29, 0.717) is 15.2 Å². The van der Waals surface area contributed by atoms with Crippen molar-refractivity contribution < 1.29 is 8.78 Å². The topological polar surface area (TPSA) is 0 Å². The molecule has 0 amide bonds. The Morgan fingerprint density at radius 1 is 0.640 bits per heavy atom. The second-order valence-corrected chi connectivity index (χ2v) is 23.4. The molecule has 7 rings (SSSR count). The van der Waals surface area contributed by atoms with E-state index in [2.05, 4.69) is 121 Å². The van der Waals surface area contributed by atoms with E-state index in [0.717, 1.165) is 25.4 Å². The summed E-state index contributed by atoms with van der Waals surface area (Å²) in [5.41, 5.74) is 1.35. The van der Waals surface area contributed by atoms with Gasteiger partial charge in [-0.25, -0.2) is 4.39 Å². The van der Waals surface area contributed by atoms with Gasteiger partial charge >= 0.3 is 0 Å². The molecule has 0 aliphatic carbocycles. The first kappa shape index (κ1) is 36.6. The van der Waals surface area contributed by atoms with Gasteiger partial charge in [0.25, 0.3) is 0 Å². The maximum Gasteiger partial charge on any atom is 0.176 e. The van der Waals surface area contributed by atoms with Crippen LogP contribution in [0.1, 0.15) is 93.6 Å². The number of hydrogen-bond acceptors (Lipinski definition) is 7. The fourth-order valence-electron chi connectivity index (χ4n) is 6.64. The lowest BCUT2D eigenvalue weighted by atomic mass is 9.65. The average molecular weight is 795 g/mol. The highest BCUT2D eigenvalue weighted by Gasteiger charge is 2.45. The van der Waals surface area contributed by atoms with E-state index in [1.165, 1.54) is 67.3 Å². The molecule has 0 unspecified atom stereocenters. The van der Waals surface area contributed by atoms with Gasteiger partial charge in [-0.2, -0.15) is 15.7 Å². The maximum absolute atomic E-state index is 16.4. The molecule has 0 spiro atoms. The second kappa shape index (κ2) is 12.1. The van der Waals surface area contributed by atoms with Crippen LogP contribution in [-0.4, -0.2) is 7.85 Å². The first-order valence-electron chi connectivity index (χ1n) is 16.6. The Labute approximate surface area is 324 Å². The summed E-state index contributed by atoms with van der Waals surface area (Å²) in [7, 11) is 2.16. The summed E-state index contributed by atoms with van der Waals surface area (Å²) in [5.74, 6) is -0.209. The summed E-state index contributed by atoms with van der Waals surface area (Å²) < 4.78 is 35.9. The molecule has 260 valence electrons. The van der Waals surface area contributed by atoms with Gasteiger partial charge in [0.05, 0.1) is 9.58 Å². The third-order valence-corrected chi connectivity index (χ3v) is 18.8. The predicted octanol–water partition coefficient (Wildman–Crippen LogP) is 14.1. The van der Waals surface area contributed by atoms with Gasteiger partial charge in [0.2, 0.25) is 0 Å². The zero-order chi connectivity index (χ0) is 36.5. The van der Waals surface area contributed by atoms with Gasteiger partial charge in [0.1, 0.15) is 0 Å². The average Bonchev–Trinajstić information content (AvgIpc) is 3.82. The van der Waals surface area contributed by atoms with Gasteiger partial charge in [0, 0.05) is 81.7 Å². The fourth-order valence-corrected chi connectivity index (χ4v) is 14.6. The first-order chi connectivity index (χ1) is 23.1. The molecule has 0 aliphatic heterocycles. The molecule has 0 fully saturated rings. The van der Waals surface area contributed by atoms with Crippen molar-refractivity contribution in [1.82, 2.24) is 0 Å². The van der Waals surface area contributed by atoms with Crippen LogP contribution in [0, 0.1) is 10.9 Å². The van der Waals surface area contributed by atoms with Crippen molar-refractivity contribution in [3.8, 4) is 20.9 Å². The summed E-state index contributed by atoms with van der Waals surface area (Å²) in [5, 5.41) is 2.93. The van der Waals surface area contributed by atoms with Crippen LogP contribution in [0.25, 0.3) is 56.0 Å². The molecule has 0 nitrogen and oxygen atoms in total. The Bertz CT molecular complexity index is 2380. The largest absolute Gasteiger partial charge is 0.205 e. The molecule has 6 aromatic heterocycles. The summed E-state index contributed by atoms with van der Waals surface area (Å²) in [4.78, 5) is 7.98. The van der Waals surface area contributed by atoms with E-state index >= 15 is 4.39 Å². The third-order valence-electron chi connectivity index (χ3n) is 10.2. The van der Waals surface area contributed by atoms with Crippen LogP contribution >= 0.6 is 80.6 Å². The number of fused-ring (bicyclic) bond motifs is 3. The molecule has 0 saturated heterocycles. The van der Waals surface area contributed by atoms with Crippen LogP contribution in [-0.2, 0) is 21.7 Å². The van der Waals surface area contributed by atoms with Crippen molar-refractivity contribution in [1.29, 1.82) is 0 Å². The van der Waals surface area contributed by atoms with Crippen molar-refractivity contribution in [2.75, 3.05) is 0 Å². The minimum Gasteiger partial charge on any atom is -0.205 e. The number of benzene rings is 1. The van der Waals surface area contributed by atoms with Gasteiger partial charge in [0.15, 0.2) is 18.8 Å². The summed E-state index contributed by atoms with van der Waals surface area (Å²) in [6, 6.07) is 12.7. The van der Waals surface area contributed by atoms with E-state index in [-0.39, 0.29) is 21.8 Å². The second-order valence-electron chi connectivity index (χ2n) is 16.4. The number of halogens is 2. The van der Waals surface area contributed by atoms with E-state index in [1.807, 2.05) is 40.1 Å². The van der Waals surface area contributed by atoms with Gasteiger partial charge in [-0.1, -0.05) is 81.9 Å². The fraction of sp³-hybridized carbons (Fsp3) is 0.350. The van der Waals surface area contributed by atoms with Crippen molar-refractivity contribution in [3.63, 3.8) is 0 Å². The Hall–Kier alpha value is -1.79. The number of hydrogen-bond donors (Lipinski definition) is 1. The molecule has 10 heteroatoms. The Morgan fingerprint density at radius 2 is 1.20 bits per heavy atom. The van der Waals surface area contributed by atoms with Gasteiger partial charge in [-0.3, -0.25) is 0 Å². The summed E-state index contributed by atoms with van der Waals surface area (Å²) in [6.07, 6.45) is 0. The van der Waals surface area contributed by atoms with E-state index < -0.39 is 10.8 Å². The lowest BCUT2D eigenvalue weighted by Crippen LogP contribution is -2.39. The van der Waals surface area contributed by atoms with Crippen molar-refractivity contribution in [2.45, 2.75) is 90.9 Å². The van der Waals surface area contributed by atoms with E-state index in [1.54, 1.807) is 17.4 Å². The highest BCUT2D eigenvalue weighted by Crippen LogP contribution is 2.58. The molecular weight excluding hydrogens is 754 g/mol. The SMILES string of the molecule is Bc1ccc(-c2c3cc(C(C)(C)C)sc3c(-c3ccc(F)s3)c3cc(C(C)(C)C(C)(C)c4sc(C(C)(C)C)c5sc(C(=C)S)c(F)c45)sc23)s1. The molecule has 6 heterocycles. The first-order valence-corrected chi connectivity index (χ1v) is 22.0. The monoisotopic (exact) mass is 794 g/mol. The summed E-state index contributed by atoms with van der Waals surface area (Å²) >= 11 is 14.4. The molecule has 7 aromatic rings. The standard InChI is InChI=1S/C40H41BF2S7/c1-18(44)31-30(43)29-34(49-31)36(38(5,6)7)50-35(29)40(10,11)39(8,9)24-17-20-28(22-13-15-26(42)46-22)32-19(16-23(47-32)37(2,3)4)27(33(20)48-24)21-12-14-25(41)45-21/h12-17,44H,1,41H2,2-11H3. The predicted molar refractivity (Wildman–Crippen MR) is 233 cm³/mol. The minimum atomic E-state index is -0.455. The number of thiol groups is 1. The smallest absolute Gasteiger partial charge is 0.176 e. The lowest BCUT2D eigenvalue weighted by molar-refractivity contribution is 0.316. The van der Waals surface area contributed by atoms with Crippen LogP contribution in [0.2, 0.25) is 0 Å². The lowest BCUT2D eigenvalue weighted by Gasteiger charge is -2.41. The zero-order valence-corrected chi connectivity index (χ0v) is 36.1. The van der Waals surface area contributed by atoms with Crippen molar-refractivity contribution in [2.24, 2.45) is 0 Å². The van der Waals surface area contributed by atoms with Crippen LogP contribution in [0.15, 0.2) is 43.0 Å². The highest BCUT2D eigenvalue weighted by molar-refractivity contribution is 7.90. The van der Waals surface area contributed by atoms with Gasteiger partial charge in [-0.05, 0) is 45.9 Å². The zero-order valence-electron chi connectivity index (χ0n) is 30.3. The Morgan fingerprint density at radius 3 is 1.70 bits per heavy atom.